The molecule has 0 fully saturated rings. The summed E-state index contributed by atoms with van der Waals surface area (Å²) >= 11 is 5.21. The Morgan fingerprint density at radius 3 is 2.00 bits per heavy atom. The summed E-state index contributed by atoms with van der Waals surface area (Å²) in [6, 6.07) is 0. The van der Waals surface area contributed by atoms with E-state index in [1.54, 1.807) is 6.92 Å². The SMILES string of the molecule is CCC(C)=C(C)C(=O)Cl. The molecule has 0 rings (SSSR count). The Hall–Kier alpha value is -0.300. The molecule has 52 valence electrons. The fourth-order valence-electron chi connectivity index (χ4n) is 0.433. The van der Waals surface area contributed by atoms with Gasteiger partial charge in [-0.25, -0.2) is 0 Å². The third-order valence-corrected chi connectivity index (χ3v) is 1.75. The van der Waals surface area contributed by atoms with E-state index in [1.165, 1.54) is 0 Å². The normalized spacial score (nSPS) is 12.9. The average Bonchev–Trinajstić information content (AvgIpc) is 1.84. The van der Waals surface area contributed by atoms with Gasteiger partial charge in [-0.1, -0.05) is 12.5 Å². The van der Waals surface area contributed by atoms with Crippen LogP contribution >= 0.6 is 11.6 Å². The molecule has 0 N–H and O–H groups in total. The van der Waals surface area contributed by atoms with Crippen LogP contribution in [-0.2, 0) is 4.79 Å². The van der Waals surface area contributed by atoms with Crippen molar-refractivity contribution in [2.24, 2.45) is 0 Å². The summed E-state index contributed by atoms with van der Waals surface area (Å²) in [5.41, 5.74) is 1.74. The molecule has 0 aliphatic carbocycles. The van der Waals surface area contributed by atoms with E-state index in [0.717, 1.165) is 12.0 Å². The number of rotatable bonds is 2. The highest BCUT2D eigenvalue weighted by molar-refractivity contribution is 6.67. The van der Waals surface area contributed by atoms with E-state index in [1.807, 2.05) is 13.8 Å². The van der Waals surface area contributed by atoms with E-state index < -0.39 is 0 Å². The number of hydrogen-bond donors (Lipinski definition) is 0. The Balaban J connectivity index is 4.28. The van der Waals surface area contributed by atoms with Crippen LogP contribution in [0.4, 0.5) is 0 Å². The third-order valence-electron chi connectivity index (χ3n) is 1.47. The zero-order valence-electron chi connectivity index (χ0n) is 5.99. The lowest BCUT2D eigenvalue weighted by Gasteiger charge is -1.97. The predicted octanol–water partition coefficient (Wildman–Crippen LogP) is 2.50. The van der Waals surface area contributed by atoms with Gasteiger partial charge < -0.3 is 0 Å². The van der Waals surface area contributed by atoms with Gasteiger partial charge in [0.05, 0.1) is 0 Å². The van der Waals surface area contributed by atoms with Gasteiger partial charge in [-0.3, -0.25) is 4.79 Å². The first kappa shape index (κ1) is 8.70. The highest BCUT2D eigenvalue weighted by Crippen LogP contribution is 2.09. The van der Waals surface area contributed by atoms with Gasteiger partial charge in [0.2, 0.25) is 5.24 Å². The summed E-state index contributed by atoms with van der Waals surface area (Å²) in [5.74, 6) is 0. The molecule has 0 saturated carbocycles. The molecule has 9 heavy (non-hydrogen) atoms. The van der Waals surface area contributed by atoms with Gasteiger partial charge in [-0.2, -0.15) is 0 Å². The van der Waals surface area contributed by atoms with Crippen molar-refractivity contribution in [3.8, 4) is 0 Å². The summed E-state index contributed by atoms with van der Waals surface area (Å²) in [7, 11) is 0. The van der Waals surface area contributed by atoms with Gasteiger partial charge >= 0.3 is 0 Å². The summed E-state index contributed by atoms with van der Waals surface area (Å²) in [5, 5.41) is -0.339. The molecule has 2 heteroatoms. The predicted molar refractivity (Wildman–Crippen MR) is 39.5 cm³/mol. The van der Waals surface area contributed by atoms with Crippen molar-refractivity contribution in [1.82, 2.24) is 0 Å². The Morgan fingerprint density at radius 1 is 1.44 bits per heavy atom. The molecule has 0 aromatic rings. The first-order valence-electron chi connectivity index (χ1n) is 2.95. The molecule has 0 aliphatic rings. The lowest BCUT2D eigenvalue weighted by atomic mass is 10.1. The van der Waals surface area contributed by atoms with Crippen molar-refractivity contribution in [3.63, 3.8) is 0 Å². The van der Waals surface area contributed by atoms with E-state index in [2.05, 4.69) is 0 Å². The highest BCUT2D eigenvalue weighted by atomic mass is 35.5. The van der Waals surface area contributed by atoms with Crippen LogP contribution in [0.3, 0.4) is 0 Å². The fourth-order valence-corrected chi connectivity index (χ4v) is 0.594. The fraction of sp³-hybridized carbons (Fsp3) is 0.571. The van der Waals surface area contributed by atoms with Crippen molar-refractivity contribution in [2.45, 2.75) is 27.2 Å². The van der Waals surface area contributed by atoms with E-state index in [4.69, 9.17) is 11.6 Å². The molecule has 1 nitrogen and oxygen atoms in total. The molecule has 0 heterocycles. The van der Waals surface area contributed by atoms with Crippen LogP contribution in [-0.4, -0.2) is 5.24 Å². The van der Waals surface area contributed by atoms with Crippen LogP contribution in [0.5, 0.6) is 0 Å². The quantitative estimate of drug-likeness (QED) is 0.432. The van der Waals surface area contributed by atoms with E-state index in [-0.39, 0.29) is 5.24 Å². The van der Waals surface area contributed by atoms with Crippen LogP contribution in [0, 0.1) is 0 Å². The van der Waals surface area contributed by atoms with E-state index >= 15 is 0 Å². The second-order valence-corrected chi connectivity index (χ2v) is 2.38. The minimum absolute atomic E-state index is 0.339. The van der Waals surface area contributed by atoms with Crippen LogP contribution in [0.2, 0.25) is 0 Å². The minimum atomic E-state index is -0.339. The first-order chi connectivity index (χ1) is 4.09. The molecular formula is C7H11ClO. The molecule has 0 aliphatic heterocycles. The van der Waals surface area contributed by atoms with Crippen LogP contribution in [0.25, 0.3) is 0 Å². The zero-order chi connectivity index (χ0) is 7.44. The van der Waals surface area contributed by atoms with Crippen LogP contribution in [0.15, 0.2) is 11.1 Å². The standard InChI is InChI=1S/C7H11ClO/c1-4-5(2)6(3)7(8)9/h4H2,1-3H3. The molecule has 0 bridgehead atoms. The van der Waals surface area contributed by atoms with Gasteiger partial charge in [-0.15, -0.1) is 0 Å². The molecule has 0 atom stereocenters. The molecule has 0 radical (unpaired) electrons. The topological polar surface area (TPSA) is 17.1 Å². The minimum Gasteiger partial charge on any atom is -0.276 e. The lowest BCUT2D eigenvalue weighted by Crippen LogP contribution is -1.91. The van der Waals surface area contributed by atoms with Crippen molar-refractivity contribution in [2.75, 3.05) is 0 Å². The van der Waals surface area contributed by atoms with Gasteiger partial charge in [-0.05, 0) is 31.9 Å². The average molecular weight is 147 g/mol. The van der Waals surface area contributed by atoms with Gasteiger partial charge in [0, 0.05) is 5.57 Å². The maximum Gasteiger partial charge on any atom is 0.248 e. The Labute approximate surface area is 60.7 Å². The smallest absolute Gasteiger partial charge is 0.248 e. The van der Waals surface area contributed by atoms with Crippen molar-refractivity contribution < 1.29 is 4.79 Å². The number of carbonyl (C=O) groups excluding carboxylic acids is 1. The van der Waals surface area contributed by atoms with Crippen LogP contribution in [0.1, 0.15) is 27.2 Å². The monoisotopic (exact) mass is 146 g/mol. The molecule has 0 amide bonds. The van der Waals surface area contributed by atoms with E-state index in [0.29, 0.717) is 5.57 Å². The maximum absolute atomic E-state index is 10.5. The summed E-state index contributed by atoms with van der Waals surface area (Å²) < 4.78 is 0. The second kappa shape index (κ2) is 3.67. The second-order valence-electron chi connectivity index (χ2n) is 2.03. The first-order valence-corrected chi connectivity index (χ1v) is 3.33. The molecular weight excluding hydrogens is 136 g/mol. The van der Waals surface area contributed by atoms with E-state index in [9.17, 15) is 4.79 Å². The molecule has 0 saturated heterocycles. The summed E-state index contributed by atoms with van der Waals surface area (Å²) in [6.45, 7) is 5.66. The molecule has 0 spiro atoms. The van der Waals surface area contributed by atoms with Gasteiger partial charge in [0.1, 0.15) is 0 Å². The number of hydrogen-bond acceptors (Lipinski definition) is 1. The molecule has 0 aromatic carbocycles. The summed E-state index contributed by atoms with van der Waals surface area (Å²) in [4.78, 5) is 10.5. The zero-order valence-corrected chi connectivity index (χ0v) is 6.75. The Morgan fingerprint density at radius 2 is 1.89 bits per heavy atom. The number of allylic oxidation sites excluding steroid dienone is 2. The number of carbonyl (C=O) groups is 1. The molecule has 0 aromatic heterocycles. The van der Waals surface area contributed by atoms with Crippen LogP contribution < -0.4 is 0 Å². The third kappa shape index (κ3) is 2.66. The molecule has 0 unspecified atom stereocenters. The number of halogens is 1. The Kier molecular flexibility index (Phi) is 3.55. The lowest BCUT2D eigenvalue weighted by molar-refractivity contribution is -0.108. The van der Waals surface area contributed by atoms with Crippen molar-refractivity contribution >= 4 is 16.8 Å². The largest absolute Gasteiger partial charge is 0.276 e. The highest BCUT2D eigenvalue weighted by Gasteiger charge is 2.00. The van der Waals surface area contributed by atoms with Gasteiger partial charge in [0.15, 0.2) is 0 Å². The van der Waals surface area contributed by atoms with Crippen molar-refractivity contribution in [1.29, 1.82) is 0 Å². The van der Waals surface area contributed by atoms with Crippen molar-refractivity contribution in [3.05, 3.63) is 11.1 Å². The maximum atomic E-state index is 10.5. The summed E-state index contributed by atoms with van der Waals surface area (Å²) in [6.07, 6.45) is 0.893. The van der Waals surface area contributed by atoms with Gasteiger partial charge in [0.25, 0.3) is 0 Å². The Bertz CT molecular complexity index is 147.